The van der Waals surface area contributed by atoms with Gasteiger partial charge in [-0.2, -0.15) is 0 Å². The molecule has 1 saturated heterocycles. The van der Waals surface area contributed by atoms with E-state index in [4.69, 9.17) is 0 Å². The van der Waals surface area contributed by atoms with Crippen molar-refractivity contribution in [1.82, 2.24) is 10.2 Å². The predicted molar refractivity (Wildman–Crippen MR) is 92.9 cm³/mol. The first-order valence-electron chi connectivity index (χ1n) is 6.90. The van der Waals surface area contributed by atoms with Crippen LogP contribution in [0.3, 0.4) is 0 Å². The number of hydrogen-bond acceptors (Lipinski definition) is 3. The summed E-state index contributed by atoms with van der Waals surface area (Å²) >= 11 is 0. The fourth-order valence-electron chi connectivity index (χ4n) is 2.53. The quantitative estimate of drug-likeness (QED) is 0.892. The topological polar surface area (TPSA) is 44.4 Å². The van der Waals surface area contributed by atoms with Gasteiger partial charge in [0.1, 0.15) is 0 Å². The highest BCUT2D eigenvalue weighted by molar-refractivity contribution is 5.94. The highest BCUT2D eigenvalue weighted by Gasteiger charge is 2.22. The highest BCUT2D eigenvalue weighted by Crippen LogP contribution is 2.14. The lowest BCUT2D eigenvalue weighted by Crippen LogP contribution is -2.51. The van der Waals surface area contributed by atoms with Crippen molar-refractivity contribution in [3.05, 3.63) is 29.3 Å². The molecule has 2 N–H and O–H groups in total. The molecule has 6 heteroatoms. The van der Waals surface area contributed by atoms with E-state index < -0.39 is 0 Å². The number of nitrogens with zero attached hydrogens (tertiary/aromatic N) is 1. The number of benzene rings is 1. The van der Waals surface area contributed by atoms with Crippen molar-refractivity contribution >= 4 is 36.4 Å². The zero-order chi connectivity index (χ0) is 13.8. The maximum Gasteiger partial charge on any atom is 0.241 e. The van der Waals surface area contributed by atoms with Gasteiger partial charge in [-0.1, -0.05) is 6.07 Å². The number of amides is 1. The first-order chi connectivity index (χ1) is 9.06. The minimum atomic E-state index is -0.0806. The average molecular weight is 334 g/mol. The van der Waals surface area contributed by atoms with E-state index in [-0.39, 0.29) is 36.8 Å². The Bertz CT molecular complexity index is 442. The number of piperazine rings is 1. The van der Waals surface area contributed by atoms with Crippen LogP contribution in [0.5, 0.6) is 0 Å². The van der Waals surface area contributed by atoms with Crippen LogP contribution in [0, 0.1) is 13.8 Å². The van der Waals surface area contributed by atoms with Gasteiger partial charge in [0.05, 0.1) is 6.04 Å². The Morgan fingerprint density at radius 3 is 2.19 bits per heavy atom. The van der Waals surface area contributed by atoms with Crippen LogP contribution in [0.2, 0.25) is 0 Å². The molecule has 0 bridgehead atoms. The summed E-state index contributed by atoms with van der Waals surface area (Å²) in [5, 5.41) is 6.32. The van der Waals surface area contributed by atoms with Crippen LogP contribution in [0.1, 0.15) is 18.1 Å². The van der Waals surface area contributed by atoms with Crippen molar-refractivity contribution in [2.24, 2.45) is 0 Å². The fraction of sp³-hybridized carbons (Fsp3) is 0.533. The fourth-order valence-corrected chi connectivity index (χ4v) is 2.53. The maximum atomic E-state index is 12.3. The second kappa shape index (κ2) is 9.26. The molecule has 2 rings (SSSR count). The lowest BCUT2D eigenvalue weighted by Gasteiger charge is -2.31. The summed E-state index contributed by atoms with van der Waals surface area (Å²) in [5.41, 5.74) is 3.24. The third kappa shape index (κ3) is 5.83. The van der Waals surface area contributed by atoms with Crippen molar-refractivity contribution in [2.75, 3.05) is 31.5 Å². The van der Waals surface area contributed by atoms with Gasteiger partial charge in [-0.25, -0.2) is 0 Å². The zero-order valence-corrected chi connectivity index (χ0v) is 14.4. The molecule has 0 saturated carbocycles. The molecule has 4 nitrogen and oxygen atoms in total. The summed E-state index contributed by atoms with van der Waals surface area (Å²) in [6.45, 7) is 9.85. The monoisotopic (exact) mass is 333 g/mol. The van der Waals surface area contributed by atoms with E-state index in [0.29, 0.717) is 0 Å². The Hall–Kier alpha value is -0.810. The Morgan fingerprint density at radius 1 is 1.14 bits per heavy atom. The zero-order valence-electron chi connectivity index (χ0n) is 12.8. The third-order valence-electron chi connectivity index (χ3n) is 3.57. The van der Waals surface area contributed by atoms with Crippen molar-refractivity contribution in [2.45, 2.75) is 26.8 Å². The van der Waals surface area contributed by atoms with Gasteiger partial charge in [-0.3, -0.25) is 9.69 Å². The summed E-state index contributed by atoms with van der Waals surface area (Å²) in [7, 11) is 0. The van der Waals surface area contributed by atoms with Crippen LogP contribution in [0.25, 0.3) is 0 Å². The lowest BCUT2D eigenvalue weighted by atomic mass is 10.1. The predicted octanol–water partition coefficient (Wildman–Crippen LogP) is 2.38. The summed E-state index contributed by atoms with van der Waals surface area (Å²) in [6, 6.07) is 6.04. The molecule has 1 aromatic rings. The molecular formula is C15H25Cl2N3O. The van der Waals surface area contributed by atoms with E-state index in [1.165, 1.54) is 11.1 Å². The van der Waals surface area contributed by atoms with E-state index in [1.54, 1.807) is 0 Å². The molecule has 1 fully saturated rings. The average Bonchev–Trinajstić information content (AvgIpc) is 2.37. The molecule has 0 spiro atoms. The Morgan fingerprint density at radius 2 is 1.67 bits per heavy atom. The molecule has 120 valence electrons. The molecule has 1 atom stereocenters. The van der Waals surface area contributed by atoms with E-state index in [9.17, 15) is 4.79 Å². The first-order valence-corrected chi connectivity index (χ1v) is 6.90. The van der Waals surface area contributed by atoms with E-state index in [1.807, 2.05) is 32.9 Å². The molecule has 1 aliphatic heterocycles. The third-order valence-corrected chi connectivity index (χ3v) is 3.57. The molecule has 1 heterocycles. The Labute approximate surface area is 139 Å². The maximum absolute atomic E-state index is 12.3. The molecule has 0 radical (unpaired) electrons. The molecular weight excluding hydrogens is 309 g/mol. The van der Waals surface area contributed by atoms with Crippen molar-refractivity contribution in [3.8, 4) is 0 Å². The van der Waals surface area contributed by atoms with Crippen molar-refractivity contribution in [1.29, 1.82) is 0 Å². The number of nitrogens with one attached hydrogen (secondary N) is 2. The summed E-state index contributed by atoms with van der Waals surface area (Å²) in [5.74, 6) is 0.0758. The van der Waals surface area contributed by atoms with Gasteiger partial charge < -0.3 is 10.6 Å². The number of hydrogen-bond donors (Lipinski definition) is 2. The summed E-state index contributed by atoms with van der Waals surface area (Å²) in [6.07, 6.45) is 0. The number of carbonyl (C=O) groups is 1. The molecule has 21 heavy (non-hydrogen) atoms. The SMILES string of the molecule is Cc1cc(C)cc(NC(=O)C(C)N2CCNCC2)c1.Cl.Cl. The van der Waals surface area contributed by atoms with Crippen LogP contribution in [0.15, 0.2) is 18.2 Å². The van der Waals surface area contributed by atoms with Gasteiger partial charge in [0.15, 0.2) is 0 Å². The van der Waals surface area contributed by atoms with Gasteiger partial charge in [0.25, 0.3) is 0 Å². The Kier molecular flexibility index (Phi) is 8.90. The highest BCUT2D eigenvalue weighted by atomic mass is 35.5. The Balaban J connectivity index is 0.00000200. The van der Waals surface area contributed by atoms with Gasteiger partial charge in [-0.15, -0.1) is 24.8 Å². The summed E-state index contributed by atoms with van der Waals surface area (Å²) < 4.78 is 0. The van der Waals surface area contributed by atoms with E-state index in [2.05, 4.69) is 21.6 Å². The second-order valence-corrected chi connectivity index (χ2v) is 5.33. The molecule has 0 aromatic heterocycles. The van der Waals surface area contributed by atoms with Crippen molar-refractivity contribution in [3.63, 3.8) is 0 Å². The second-order valence-electron chi connectivity index (χ2n) is 5.33. The van der Waals surface area contributed by atoms with Gasteiger partial charge >= 0.3 is 0 Å². The van der Waals surface area contributed by atoms with Crippen molar-refractivity contribution < 1.29 is 4.79 Å². The first kappa shape index (κ1) is 20.2. The van der Waals surface area contributed by atoms with E-state index >= 15 is 0 Å². The van der Waals surface area contributed by atoms with Crippen LogP contribution in [0.4, 0.5) is 5.69 Å². The molecule has 0 aliphatic carbocycles. The smallest absolute Gasteiger partial charge is 0.241 e. The number of halogens is 2. The van der Waals surface area contributed by atoms with E-state index in [0.717, 1.165) is 31.9 Å². The number of carbonyl (C=O) groups excluding carboxylic acids is 1. The minimum absolute atomic E-state index is 0. The normalized spacial score (nSPS) is 16.3. The molecule has 1 aliphatic rings. The standard InChI is InChI=1S/C15H23N3O.2ClH/c1-11-8-12(2)10-14(9-11)17-15(19)13(3)18-6-4-16-5-7-18;;/h8-10,13,16H,4-7H2,1-3H3,(H,17,19);2*1H. The number of anilines is 1. The summed E-state index contributed by atoms with van der Waals surface area (Å²) in [4.78, 5) is 14.5. The molecule has 1 aromatic carbocycles. The molecule has 1 amide bonds. The largest absolute Gasteiger partial charge is 0.325 e. The van der Waals surface area contributed by atoms with Gasteiger partial charge in [-0.05, 0) is 44.0 Å². The van der Waals surface area contributed by atoms with Crippen LogP contribution < -0.4 is 10.6 Å². The lowest BCUT2D eigenvalue weighted by molar-refractivity contribution is -0.120. The van der Waals surface area contributed by atoms with Gasteiger partial charge in [0, 0.05) is 31.9 Å². The molecule has 1 unspecified atom stereocenters. The minimum Gasteiger partial charge on any atom is -0.325 e. The van der Waals surface area contributed by atoms with Gasteiger partial charge in [0.2, 0.25) is 5.91 Å². The van der Waals surface area contributed by atoms with Crippen LogP contribution in [-0.4, -0.2) is 43.0 Å². The van der Waals surface area contributed by atoms with Crippen LogP contribution in [-0.2, 0) is 4.79 Å². The van der Waals surface area contributed by atoms with Crippen LogP contribution >= 0.6 is 24.8 Å². The number of aryl methyl sites for hydroxylation is 2. The number of rotatable bonds is 3.